The molecular formula is C24H29N3O5S. The van der Waals surface area contributed by atoms with Crippen molar-refractivity contribution in [3.8, 4) is 11.1 Å². The molecule has 176 valence electrons. The number of hydrogen-bond acceptors (Lipinski definition) is 6. The summed E-state index contributed by atoms with van der Waals surface area (Å²) in [7, 11) is 3.48. The number of likely N-dealkylation sites (N-methyl/N-ethyl adjacent to an activating group) is 1. The Morgan fingerprint density at radius 1 is 1.06 bits per heavy atom. The Kier molecular flexibility index (Phi) is 8.73. The molecule has 2 aromatic carbocycles. The first kappa shape index (κ1) is 24.6. The van der Waals surface area contributed by atoms with Crippen molar-refractivity contribution in [1.82, 2.24) is 15.5 Å². The number of carboxylic acids is 1. The van der Waals surface area contributed by atoms with Gasteiger partial charge in [0.2, 0.25) is 5.91 Å². The first-order valence-corrected chi connectivity index (χ1v) is 11.9. The first-order chi connectivity index (χ1) is 15.9. The van der Waals surface area contributed by atoms with E-state index in [1.807, 2.05) is 24.3 Å². The van der Waals surface area contributed by atoms with E-state index in [0.717, 1.165) is 11.1 Å². The van der Waals surface area contributed by atoms with Gasteiger partial charge in [0.15, 0.2) is 0 Å². The number of benzene rings is 2. The zero-order valence-electron chi connectivity index (χ0n) is 18.7. The molecule has 1 atom stereocenters. The van der Waals surface area contributed by atoms with Crippen LogP contribution in [0.15, 0.2) is 48.5 Å². The topological polar surface area (TPSA) is 108 Å². The van der Waals surface area contributed by atoms with Gasteiger partial charge in [0.05, 0.1) is 5.75 Å². The third-order valence-corrected chi connectivity index (χ3v) is 6.23. The van der Waals surface area contributed by atoms with Crippen LogP contribution in [-0.2, 0) is 14.3 Å². The minimum absolute atomic E-state index is 0.00516. The van der Waals surface area contributed by atoms with Crippen LogP contribution in [0.4, 0.5) is 4.79 Å². The van der Waals surface area contributed by atoms with Crippen LogP contribution in [0.2, 0.25) is 0 Å². The maximum Gasteiger partial charge on any atom is 0.407 e. The summed E-state index contributed by atoms with van der Waals surface area (Å²) in [5.41, 5.74) is 4.66. The predicted octanol–water partition coefficient (Wildman–Crippen LogP) is 2.39. The van der Waals surface area contributed by atoms with Gasteiger partial charge in [0.25, 0.3) is 0 Å². The molecule has 2 aromatic rings. The van der Waals surface area contributed by atoms with Crippen molar-refractivity contribution in [3.05, 3.63) is 59.7 Å². The quantitative estimate of drug-likeness (QED) is 0.432. The van der Waals surface area contributed by atoms with E-state index in [1.165, 1.54) is 22.9 Å². The maximum atomic E-state index is 12.2. The highest BCUT2D eigenvalue weighted by molar-refractivity contribution is 7.99. The van der Waals surface area contributed by atoms with Crippen molar-refractivity contribution in [2.45, 2.75) is 12.0 Å². The Bertz CT molecular complexity index is 952. The Balaban J connectivity index is 1.37. The zero-order valence-corrected chi connectivity index (χ0v) is 19.6. The number of thioether (sulfide) groups is 1. The van der Waals surface area contributed by atoms with Crippen molar-refractivity contribution in [2.24, 2.45) is 0 Å². The van der Waals surface area contributed by atoms with E-state index in [2.05, 4.69) is 34.9 Å². The fourth-order valence-electron chi connectivity index (χ4n) is 3.83. The molecule has 0 aliphatic heterocycles. The minimum atomic E-state index is -1.07. The summed E-state index contributed by atoms with van der Waals surface area (Å²) in [5, 5.41) is 14.4. The maximum absolute atomic E-state index is 12.2. The second-order valence-corrected chi connectivity index (χ2v) is 9.13. The molecule has 33 heavy (non-hydrogen) atoms. The van der Waals surface area contributed by atoms with E-state index in [4.69, 9.17) is 9.84 Å². The molecule has 0 spiro atoms. The van der Waals surface area contributed by atoms with E-state index in [1.54, 1.807) is 19.0 Å². The molecule has 0 saturated heterocycles. The SMILES string of the molecule is CN(C)CC(NC(=O)CSCCNC(=O)OCC1c2ccccc2-c2ccccc21)C(=O)O. The second-order valence-electron chi connectivity index (χ2n) is 8.03. The van der Waals surface area contributed by atoms with E-state index in [9.17, 15) is 14.4 Å². The van der Waals surface area contributed by atoms with Crippen molar-refractivity contribution >= 4 is 29.7 Å². The molecule has 2 amide bonds. The molecule has 0 saturated carbocycles. The van der Waals surface area contributed by atoms with Gasteiger partial charge in [-0.3, -0.25) is 4.79 Å². The summed E-state index contributed by atoms with van der Waals surface area (Å²) < 4.78 is 5.47. The summed E-state index contributed by atoms with van der Waals surface area (Å²) in [4.78, 5) is 37.0. The monoisotopic (exact) mass is 471 g/mol. The molecule has 9 heteroatoms. The molecule has 0 aromatic heterocycles. The van der Waals surface area contributed by atoms with Gasteiger partial charge in [-0.1, -0.05) is 48.5 Å². The third-order valence-electron chi connectivity index (χ3n) is 5.27. The van der Waals surface area contributed by atoms with Crippen LogP contribution in [0.25, 0.3) is 11.1 Å². The summed E-state index contributed by atoms with van der Waals surface area (Å²) in [5.74, 6) is -0.799. The van der Waals surface area contributed by atoms with E-state index in [-0.39, 0.29) is 30.7 Å². The number of nitrogens with one attached hydrogen (secondary N) is 2. The van der Waals surface area contributed by atoms with Gasteiger partial charge < -0.3 is 25.4 Å². The Morgan fingerprint density at radius 2 is 1.67 bits per heavy atom. The molecule has 0 radical (unpaired) electrons. The van der Waals surface area contributed by atoms with Gasteiger partial charge in [0, 0.05) is 24.8 Å². The molecule has 0 heterocycles. The molecule has 3 rings (SSSR count). The molecule has 8 nitrogen and oxygen atoms in total. The Labute approximate surface area is 197 Å². The van der Waals surface area contributed by atoms with Crippen LogP contribution < -0.4 is 10.6 Å². The Hall–Kier alpha value is -3.04. The van der Waals surface area contributed by atoms with E-state index < -0.39 is 18.1 Å². The summed E-state index contributed by atoms with van der Waals surface area (Å²) in [6.07, 6.45) is -0.501. The highest BCUT2D eigenvalue weighted by atomic mass is 32.2. The van der Waals surface area contributed by atoms with Crippen LogP contribution >= 0.6 is 11.8 Å². The number of alkyl carbamates (subject to hydrolysis) is 1. The van der Waals surface area contributed by atoms with Crippen LogP contribution in [-0.4, -0.2) is 79.3 Å². The van der Waals surface area contributed by atoms with Crippen molar-refractivity contribution in [1.29, 1.82) is 0 Å². The van der Waals surface area contributed by atoms with Crippen molar-refractivity contribution < 1.29 is 24.2 Å². The van der Waals surface area contributed by atoms with Gasteiger partial charge in [-0.15, -0.1) is 0 Å². The third kappa shape index (κ3) is 6.72. The molecule has 1 aliphatic rings. The fraction of sp³-hybridized carbons (Fsp3) is 0.375. The number of fused-ring (bicyclic) bond motifs is 3. The number of carboxylic acid groups (broad SMARTS) is 1. The fourth-order valence-corrected chi connectivity index (χ4v) is 4.49. The standard InChI is InChI=1S/C24H29N3O5S/c1-27(2)13-21(23(29)30)26-22(28)15-33-12-11-25-24(31)32-14-20-18-9-5-3-7-16(18)17-8-4-6-10-19(17)20/h3-10,20-21H,11-15H2,1-2H3,(H,25,31)(H,26,28)(H,29,30). The number of rotatable bonds is 11. The number of nitrogens with zero attached hydrogens (tertiary/aromatic N) is 1. The average Bonchev–Trinajstić information content (AvgIpc) is 3.10. The summed E-state index contributed by atoms with van der Waals surface area (Å²) in [6.45, 7) is 0.807. The van der Waals surface area contributed by atoms with Crippen LogP contribution in [0.5, 0.6) is 0 Å². The second kappa shape index (κ2) is 11.7. The normalized spacial score (nSPS) is 13.2. The molecule has 1 aliphatic carbocycles. The summed E-state index contributed by atoms with van der Waals surface area (Å²) >= 11 is 1.31. The highest BCUT2D eigenvalue weighted by Gasteiger charge is 2.29. The number of aliphatic carboxylic acids is 1. The van der Waals surface area contributed by atoms with Gasteiger partial charge in [0.1, 0.15) is 12.6 Å². The molecule has 0 fully saturated rings. The molecule has 0 bridgehead atoms. The lowest BCUT2D eigenvalue weighted by Crippen LogP contribution is -2.47. The van der Waals surface area contributed by atoms with Crippen molar-refractivity contribution in [3.63, 3.8) is 0 Å². The van der Waals surface area contributed by atoms with Crippen LogP contribution in [0.3, 0.4) is 0 Å². The smallest absolute Gasteiger partial charge is 0.407 e. The van der Waals surface area contributed by atoms with Gasteiger partial charge in [-0.2, -0.15) is 11.8 Å². The highest BCUT2D eigenvalue weighted by Crippen LogP contribution is 2.44. The number of carbonyl (C=O) groups is 3. The van der Waals surface area contributed by atoms with Crippen LogP contribution in [0, 0.1) is 0 Å². The minimum Gasteiger partial charge on any atom is -0.480 e. The largest absolute Gasteiger partial charge is 0.480 e. The average molecular weight is 472 g/mol. The first-order valence-electron chi connectivity index (χ1n) is 10.7. The van der Waals surface area contributed by atoms with E-state index in [0.29, 0.717) is 12.3 Å². The lowest BCUT2D eigenvalue weighted by atomic mass is 9.98. The zero-order chi connectivity index (χ0) is 23.8. The number of ether oxygens (including phenoxy) is 1. The van der Waals surface area contributed by atoms with Gasteiger partial charge in [-0.25, -0.2) is 9.59 Å². The van der Waals surface area contributed by atoms with Gasteiger partial charge in [-0.05, 0) is 36.3 Å². The summed E-state index contributed by atoms with van der Waals surface area (Å²) in [6, 6.07) is 15.3. The predicted molar refractivity (Wildman–Crippen MR) is 129 cm³/mol. The van der Waals surface area contributed by atoms with Crippen molar-refractivity contribution in [2.75, 3.05) is 45.3 Å². The Morgan fingerprint density at radius 3 is 2.24 bits per heavy atom. The molecular weight excluding hydrogens is 442 g/mol. The lowest BCUT2D eigenvalue weighted by molar-refractivity contribution is -0.141. The number of carbonyl (C=O) groups excluding carboxylic acids is 2. The van der Waals surface area contributed by atoms with Crippen LogP contribution in [0.1, 0.15) is 17.0 Å². The van der Waals surface area contributed by atoms with Gasteiger partial charge >= 0.3 is 12.1 Å². The molecule has 3 N–H and O–H groups in total. The number of hydrogen-bond donors (Lipinski definition) is 3. The van der Waals surface area contributed by atoms with E-state index >= 15 is 0 Å². The molecule has 1 unspecified atom stereocenters. The number of amides is 2. The lowest BCUT2D eigenvalue weighted by Gasteiger charge is -2.18.